The number of phenols is 1. The molecule has 1 heterocycles. The van der Waals surface area contributed by atoms with E-state index in [0.717, 1.165) is 10.0 Å². The van der Waals surface area contributed by atoms with E-state index in [-0.39, 0.29) is 11.4 Å². The lowest BCUT2D eigenvalue weighted by Crippen LogP contribution is -2.01. The van der Waals surface area contributed by atoms with Crippen molar-refractivity contribution in [2.24, 2.45) is 0 Å². The van der Waals surface area contributed by atoms with Crippen LogP contribution in [0.5, 0.6) is 5.75 Å². The second-order valence-corrected chi connectivity index (χ2v) is 7.44. The van der Waals surface area contributed by atoms with E-state index in [1.54, 1.807) is 36.4 Å². The van der Waals surface area contributed by atoms with Crippen LogP contribution in [0.3, 0.4) is 0 Å². The molecule has 0 saturated carbocycles. The Morgan fingerprint density at radius 2 is 2.11 bits per heavy atom. The standard InChI is InChI=1S/C18H15BrN4O3S/c1-2-8-22-17(15-10-13(19)6-7-16(15)24)20-21-18(22)27-11-12-4-3-5-14(9-12)23(25)26/h2-7,9-10,24H,1,8,11H2. The van der Waals surface area contributed by atoms with Gasteiger partial charge in [0.15, 0.2) is 11.0 Å². The summed E-state index contributed by atoms with van der Waals surface area (Å²) in [7, 11) is 0. The van der Waals surface area contributed by atoms with Gasteiger partial charge in [-0.1, -0.05) is 45.9 Å². The van der Waals surface area contributed by atoms with Gasteiger partial charge >= 0.3 is 0 Å². The van der Waals surface area contributed by atoms with Crippen LogP contribution in [0.15, 0.2) is 64.7 Å². The van der Waals surface area contributed by atoms with Crippen LogP contribution in [0.2, 0.25) is 0 Å². The van der Waals surface area contributed by atoms with Gasteiger partial charge in [-0.25, -0.2) is 0 Å². The third-order valence-corrected chi connectivity index (χ3v) is 5.25. The van der Waals surface area contributed by atoms with Crippen molar-refractivity contribution in [3.63, 3.8) is 0 Å². The number of thioether (sulfide) groups is 1. The van der Waals surface area contributed by atoms with Crippen LogP contribution in [-0.4, -0.2) is 24.8 Å². The van der Waals surface area contributed by atoms with Gasteiger partial charge in [0.1, 0.15) is 5.75 Å². The van der Waals surface area contributed by atoms with Crippen LogP contribution in [-0.2, 0) is 12.3 Å². The summed E-state index contributed by atoms with van der Waals surface area (Å²) < 4.78 is 2.66. The minimum absolute atomic E-state index is 0.0559. The van der Waals surface area contributed by atoms with Crippen LogP contribution in [0.1, 0.15) is 5.56 Å². The first-order chi connectivity index (χ1) is 13.0. The predicted molar refractivity (Wildman–Crippen MR) is 108 cm³/mol. The average molecular weight is 447 g/mol. The molecule has 0 bridgehead atoms. The van der Waals surface area contributed by atoms with Gasteiger partial charge in [0.25, 0.3) is 5.69 Å². The second-order valence-electron chi connectivity index (χ2n) is 5.58. The zero-order valence-corrected chi connectivity index (χ0v) is 16.5. The van der Waals surface area contributed by atoms with Gasteiger partial charge in [0.05, 0.1) is 10.5 Å². The number of allylic oxidation sites excluding steroid dienone is 1. The minimum Gasteiger partial charge on any atom is -0.507 e. The number of aromatic nitrogens is 3. The molecule has 0 spiro atoms. The van der Waals surface area contributed by atoms with E-state index >= 15 is 0 Å². The Labute approximate surface area is 168 Å². The largest absolute Gasteiger partial charge is 0.507 e. The highest BCUT2D eigenvalue weighted by Gasteiger charge is 2.17. The Morgan fingerprint density at radius 3 is 2.85 bits per heavy atom. The monoisotopic (exact) mass is 446 g/mol. The summed E-state index contributed by atoms with van der Waals surface area (Å²) in [4.78, 5) is 10.5. The summed E-state index contributed by atoms with van der Waals surface area (Å²) in [6, 6.07) is 11.6. The summed E-state index contributed by atoms with van der Waals surface area (Å²) in [6.07, 6.45) is 1.72. The van der Waals surface area contributed by atoms with E-state index in [0.29, 0.717) is 28.8 Å². The SMILES string of the molecule is C=CCn1c(SCc2cccc([N+](=O)[O-])c2)nnc1-c1cc(Br)ccc1O. The van der Waals surface area contributed by atoms with Crippen molar-refractivity contribution in [1.29, 1.82) is 0 Å². The number of halogens is 1. The van der Waals surface area contributed by atoms with Crippen LogP contribution in [0.25, 0.3) is 11.4 Å². The molecule has 9 heteroatoms. The molecule has 2 aromatic carbocycles. The predicted octanol–water partition coefficient (Wildman–Crippen LogP) is 4.80. The maximum Gasteiger partial charge on any atom is 0.269 e. The van der Waals surface area contributed by atoms with Gasteiger partial charge in [-0.3, -0.25) is 14.7 Å². The molecule has 0 unspecified atom stereocenters. The molecule has 0 aliphatic heterocycles. The topological polar surface area (TPSA) is 94.1 Å². The Morgan fingerprint density at radius 1 is 1.30 bits per heavy atom. The van der Waals surface area contributed by atoms with Gasteiger partial charge in [-0.15, -0.1) is 16.8 Å². The Hall–Kier alpha value is -2.65. The fourth-order valence-electron chi connectivity index (χ4n) is 2.48. The highest BCUT2D eigenvalue weighted by atomic mass is 79.9. The highest BCUT2D eigenvalue weighted by Crippen LogP contribution is 2.33. The maximum absolute atomic E-state index is 10.9. The normalized spacial score (nSPS) is 10.7. The van der Waals surface area contributed by atoms with E-state index in [1.807, 2.05) is 10.6 Å². The van der Waals surface area contributed by atoms with Crippen LogP contribution < -0.4 is 0 Å². The van der Waals surface area contributed by atoms with Crippen molar-refractivity contribution in [3.8, 4) is 17.1 Å². The third-order valence-electron chi connectivity index (χ3n) is 3.72. The number of phenolic OH excluding ortho intramolecular Hbond substituents is 1. The fourth-order valence-corrected chi connectivity index (χ4v) is 3.74. The first-order valence-corrected chi connectivity index (χ1v) is 9.66. The summed E-state index contributed by atoms with van der Waals surface area (Å²) >= 11 is 4.81. The summed E-state index contributed by atoms with van der Waals surface area (Å²) in [5, 5.41) is 30.2. The molecule has 0 radical (unpaired) electrons. The fraction of sp³-hybridized carbons (Fsp3) is 0.111. The molecule has 1 N–H and O–H groups in total. The third kappa shape index (κ3) is 4.37. The molecular formula is C18H15BrN4O3S. The zero-order valence-electron chi connectivity index (χ0n) is 14.1. The van der Waals surface area contributed by atoms with E-state index in [9.17, 15) is 15.2 Å². The molecule has 0 aliphatic rings. The quantitative estimate of drug-likeness (QED) is 0.242. The average Bonchev–Trinajstić information content (AvgIpc) is 3.05. The van der Waals surface area contributed by atoms with Gasteiger partial charge in [0.2, 0.25) is 0 Å². The maximum atomic E-state index is 10.9. The first-order valence-electron chi connectivity index (χ1n) is 7.88. The number of aromatic hydroxyl groups is 1. The number of nitro benzene ring substituents is 1. The summed E-state index contributed by atoms with van der Waals surface area (Å²) in [5.74, 6) is 1.13. The Bertz CT molecular complexity index is 1010. The van der Waals surface area contributed by atoms with Gasteiger partial charge in [-0.2, -0.15) is 0 Å². The molecule has 0 aliphatic carbocycles. The van der Waals surface area contributed by atoms with Gasteiger partial charge in [0, 0.05) is 28.9 Å². The van der Waals surface area contributed by atoms with E-state index in [2.05, 4.69) is 32.7 Å². The Kier molecular flexibility index (Phi) is 5.92. The van der Waals surface area contributed by atoms with Crippen molar-refractivity contribution in [2.45, 2.75) is 17.5 Å². The van der Waals surface area contributed by atoms with Gasteiger partial charge in [-0.05, 0) is 23.8 Å². The van der Waals surface area contributed by atoms with Crippen LogP contribution in [0.4, 0.5) is 5.69 Å². The molecule has 1 aromatic heterocycles. The number of benzene rings is 2. The van der Waals surface area contributed by atoms with E-state index < -0.39 is 4.92 Å². The lowest BCUT2D eigenvalue weighted by Gasteiger charge is -2.09. The van der Waals surface area contributed by atoms with Crippen molar-refractivity contribution in [1.82, 2.24) is 14.8 Å². The van der Waals surface area contributed by atoms with Gasteiger partial charge < -0.3 is 5.11 Å². The lowest BCUT2D eigenvalue weighted by molar-refractivity contribution is -0.384. The zero-order chi connectivity index (χ0) is 19.4. The number of nitrogens with zero attached hydrogens (tertiary/aromatic N) is 4. The number of non-ortho nitro benzene ring substituents is 1. The molecule has 7 nitrogen and oxygen atoms in total. The van der Waals surface area contributed by atoms with Crippen LogP contribution in [0, 0.1) is 10.1 Å². The lowest BCUT2D eigenvalue weighted by atomic mass is 10.2. The van der Waals surface area contributed by atoms with Crippen LogP contribution >= 0.6 is 27.7 Å². The van der Waals surface area contributed by atoms with Crippen molar-refractivity contribution in [2.75, 3.05) is 0 Å². The Balaban J connectivity index is 1.89. The smallest absolute Gasteiger partial charge is 0.269 e. The molecule has 3 rings (SSSR count). The number of hydrogen-bond donors (Lipinski definition) is 1. The summed E-state index contributed by atoms with van der Waals surface area (Å²) in [6.45, 7) is 4.23. The molecule has 138 valence electrons. The molecule has 0 amide bonds. The minimum atomic E-state index is -0.414. The molecule has 0 fully saturated rings. The molecule has 3 aromatic rings. The molecule has 0 saturated heterocycles. The highest BCUT2D eigenvalue weighted by molar-refractivity contribution is 9.10. The van der Waals surface area contributed by atoms with E-state index in [4.69, 9.17) is 0 Å². The summed E-state index contributed by atoms with van der Waals surface area (Å²) in [5.41, 5.74) is 1.43. The molecule has 0 atom stereocenters. The van der Waals surface area contributed by atoms with Crippen molar-refractivity contribution >= 4 is 33.4 Å². The number of rotatable bonds is 7. The van der Waals surface area contributed by atoms with Crippen molar-refractivity contribution < 1.29 is 10.0 Å². The number of hydrogen-bond acceptors (Lipinski definition) is 6. The first kappa shape index (κ1) is 19.1. The van der Waals surface area contributed by atoms with Crippen molar-refractivity contribution in [3.05, 3.63) is 75.3 Å². The second kappa shape index (κ2) is 8.36. The van der Waals surface area contributed by atoms with E-state index in [1.165, 1.54) is 17.8 Å². The number of nitro groups is 1. The molecular weight excluding hydrogens is 432 g/mol. The molecule has 27 heavy (non-hydrogen) atoms.